The predicted octanol–water partition coefficient (Wildman–Crippen LogP) is 18.4. The minimum Gasteiger partial charge on any atom is -0.339 e. The lowest BCUT2D eigenvalue weighted by atomic mass is 9.92. The first kappa shape index (κ1) is 47.6. The zero-order valence-electron chi connectivity index (χ0n) is 40.1. The van der Waals surface area contributed by atoms with Gasteiger partial charge in [-0.3, -0.25) is 0 Å². The van der Waals surface area contributed by atoms with E-state index in [9.17, 15) is 0 Å². The summed E-state index contributed by atoms with van der Waals surface area (Å²) in [6.45, 7) is 21.6. The lowest BCUT2D eigenvalue weighted by Crippen LogP contribution is -2.31. The molecule has 5 aromatic carbocycles. The van der Waals surface area contributed by atoms with Crippen molar-refractivity contribution in [3.8, 4) is 11.1 Å². The van der Waals surface area contributed by atoms with Crippen molar-refractivity contribution in [2.24, 2.45) is 0 Å². The Morgan fingerprint density at radius 3 is 2.22 bits per heavy atom. The Kier molecular flexibility index (Phi) is 17.3. The number of hydrogen-bond acceptors (Lipinski definition) is 1. The van der Waals surface area contributed by atoms with Gasteiger partial charge < -0.3 is 9.47 Å². The molecule has 1 aromatic heterocycles. The Bertz CT molecular complexity index is 2930. The molecular formula is C63H68N2. The first-order chi connectivity index (χ1) is 31.8. The molecule has 0 saturated carbocycles. The van der Waals surface area contributed by atoms with Crippen LogP contribution in [0.5, 0.6) is 0 Å². The molecule has 0 saturated heterocycles. The summed E-state index contributed by atoms with van der Waals surface area (Å²) in [7, 11) is 0. The van der Waals surface area contributed by atoms with Crippen molar-refractivity contribution < 1.29 is 0 Å². The average Bonchev–Trinajstić information content (AvgIpc) is 3.65. The molecule has 1 unspecified atom stereocenters. The predicted molar refractivity (Wildman–Crippen MR) is 290 cm³/mol. The molecule has 0 spiro atoms. The Balaban J connectivity index is 1.57. The van der Waals surface area contributed by atoms with E-state index in [2.05, 4.69) is 260 Å². The van der Waals surface area contributed by atoms with Crippen molar-refractivity contribution in [3.05, 3.63) is 235 Å². The molecule has 0 aliphatic carbocycles. The van der Waals surface area contributed by atoms with E-state index in [0.717, 1.165) is 37.1 Å². The minimum absolute atomic E-state index is 0.0358. The van der Waals surface area contributed by atoms with E-state index in [0.29, 0.717) is 0 Å². The van der Waals surface area contributed by atoms with Gasteiger partial charge in [0.1, 0.15) is 0 Å². The largest absolute Gasteiger partial charge is 0.339 e. The van der Waals surface area contributed by atoms with Crippen molar-refractivity contribution in [2.75, 3.05) is 4.90 Å². The van der Waals surface area contributed by atoms with Crippen LogP contribution in [-0.4, -0.2) is 10.6 Å². The van der Waals surface area contributed by atoms with Crippen molar-refractivity contribution in [3.63, 3.8) is 0 Å². The molecule has 2 heteroatoms. The number of para-hydroxylation sites is 1. The third kappa shape index (κ3) is 11.4. The third-order valence-electron chi connectivity index (χ3n) is 12.1. The highest BCUT2D eigenvalue weighted by atomic mass is 15.2. The average molecular weight is 853 g/mol. The summed E-state index contributed by atoms with van der Waals surface area (Å²) in [5, 5.41) is 4.95. The molecular weight excluding hydrogens is 785 g/mol. The van der Waals surface area contributed by atoms with Crippen molar-refractivity contribution in [1.82, 2.24) is 4.57 Å². The highest BCUT2D eigenvalue weighted by Crippen LogP contribution is 2.44. The molecule has 65 heavy (non-hydrogen) atoms. The number of hydrogen-bond donors (Lipinski definition) is 0. The van der Waals surface area contributed by atoms with Gasteiger partial charge in [-0.1, -0.05) is 202 Å². The number of rotatable bonds is 17. The fourth-order valence-corrected chi connectivity index (χ4v) is 8.89. The Morgan fingerprint density at radius 2 is 1.48 bits per heavy atom. The van der Waals surface area contributed by atoms with Gasteiger partial charge in [0.2, 0.25) is 0 Å². The van der Waals surface area contributed by atoms with Gasteiger partial charge in [-0.2, -0.15) is 0 Å². The molecule has 6 aromatic rings. The monoisotopic (exact) mass is 853 g/mol. The second kappa shape index (κ2) is 23.7. The summed E-state index contributed by atoms with van der Waals surface area (Å²) in [5.41, 5.74) is 14.7. The van der Waals surface area contributed by atoms with Crippen LogP contribution in [0, 0.1) is 6.92 Å². The summed E-state index contributed by atoms with van der Waals surface area (Å²) in [6, 6.07) is 46.5. The van der Waals surface area contributed by atoms with Gasteiger partial charge in [0.05, 0.1) is 11.0 Å². The van der Waals surface area contributed by atoms with E-state index in [1.165, 1.54) is 77.2 Å². The molecule has 330 valence electrons. The topological polar surface area (TPSA) is 8.17 Å². The zero-order valence-corrected chi connectivity index (χ0v) is 40.1. The fourth-order valence-electron chi connectivity index (χ4n) is 8.89. The van der Waals surface area contributed by atoms with Crippen LogP contribution >= 0.6 is 0 Å². The van der Waals surface area contributed by atoms with Gasteiger partial charge in [0.25, 0.3) is 0 Å². The minimum atomic E-state index is 0.0358. The van der Waals surface area contributed by atoms with E-state index in [-0.39, 0.29) is 6.04 Å². The molecule has 0 aliphatic heterocycles. The summed E-state index contributed by atoms with van der Waals surface area (Å²) in [4.78, 5) is 2.55. The first-order valence-corrected chi connectivity index (χ1v) is 23.5. The van der Waals surface area contributed by atoms with Crippen LogP contribution in [0.25, 0.3) is 55.0 Å². The quantitative estimate of drug-likeness (QED) is 0.0655. The summed E-state index contributed by atoms with van der Waals surface area (Å²) in [5.74, 6) is 0. The first-order valence-electron chi connectivity index (χ1n) is 23.5. The SMILES string of the molecule is C=C/C=C\C(=C/CC)n1c2ccccc2c2c(-c3cccc(N(/C(=C/C/C=C(C)/C(=C/C)C/C=C\C)CC)C(C)/C=C\C(=C/C)c4cccccccc(C)c4)c3)c3ccccc3cc21. The smallest absolute Gasteiger partial charge is 0.0553 e. The van der Waals surface area contributed by atoms with Crippen LogP contribution in [0.4, 0.5) is 5.69 Å². The molecule has 6 rings (SSSR count). The molecule has 0 bridgehead atoms. The number of aromatic nitrogens is 1. The summed E-state index contributed by atoms with van der Waals surface area (Å²) in [6.07, 6.45) is 30.3. The second-order valence-electron chi connectivity index (χ2n) is 16.5. The van der Waals surface area contributed by atoms with Gasteiger partial charge in [-0.15, -0.1) is 0 Å². The number of anilines is 1. The molecule has 0 N–H and O–H groups in total. The van der Waals surface area contributed by atoms with Crippen molar-refractivity contribution >= 4 is 49.5 Å². The molecule has 0 amide bonds. The van der Waals surface area contributed by atoms with Crippen LogP contribution in [-0.2, 0) is 0 Å². The van der Waals surface area contributed by atoms with Crippen molar-refractivity contribution in [2.45, 2.75) is 87.1 Å². The fraction of sp³-hybridized carbons (Fsp3) is 0.206. The maximum atomic E-state index is 3.99. The molecule has 2 nitrogen and oxygen atoms in total. The van der Waals surface area contributed by atoms with Crippen LogP contribution in [0.2, 0.25) is 0 Å². The van der Waals surface area contributed by atoms with Crippen LogP contribution < -0.4 is 4.90 Å². The normalized spacial score (nSPS) is 13.8. The van der Waals surface area contributed by atoms with E-state index in [1.807, 2.05) is 12.2 Å². The third-order valence-corrected chi connectivity index (χ3v) is 12.1. The number of nitrogens with zero attached hydrogens (tertiary/aromatic N) is 2. The molecule has 0 fully saturated rings. The number of allylic oxidation sites excluding steroid dienone is 16. The van der Waals surface area contributed by atoms with E-state index in [4.69, 9.17) is 0 Å². The van der Waals surface area contributed by atoms with E-state index >= 15 is 0 Å². The summed E-state index contributed by atoms with van der Waals surface area (Å²) < 4.78 is 2.44. The Labute approximate surface area is 390 Å². The lowest BCUT2D eigenvalue weighted by Gasteiger charge is -2.32. The summed E-state index contributed by atoms with van der Waals surface area (Å²) >= 11 is 0. The molecule has 1 heterocycles. The zero-order chi connectivity index (χ0) is 46.1. The molecule has 1 atom stereocenters. The Morgan fingerprint density at radius 1 is 0.738 bits per heavy atom. The standard InChI is InChI=1S/C63H68N2/c1-10-16-32-50(13-4)48(8)31-27-37-55(15-6)64(49(9)42-43-51(14-5)52-33-22-20-18-19-21-30-47(7)44-52)57-38-28-35-54(45-57)62-58-39-24-23-34-53(58)46-61-63(62)59-40-25-26-41-60(59)65(61)56(29-12-3)36-17-11-2/h10-11,13-14,16-26,28-31,33-46,49H,2,12,15,27,32H2,1,3-9H3/b16-10-,19-18?,20-18?,21-19?,22-20?,30-21?,33-22?,36-17-,43-42-,47-30?,47-44?,48-31+,50-13+,51-14+,52-33?,52-44?,55-37+,56-29+. The van der Waals surface area contributed by atoms with Gasteiger partial charge in [0, 0.05) is 33.9 Å². The highest BCUT2D eigenvalue weighted by molar-refractivity contribution is 6.23. The van der Waals surface area contributed by atoms with Gasteiger partial charge >= 0.3 is 0 Å². The van der Waals surface area contributed by atoms with Crippen LogP contribution in [0.3, 0.4) is 0 Å². The van der Waals surface area contributed by atoms with E-state index < -0.39 is 0 Å². The van der Waals surface area contributed by atoms with Gasteiger partial charge in [0.15, 0.2) is 0 Å². The number of aryl methyl sites for hydroxylation is 1. The number of fused-ring (bicyclic) bond motifs is 4. The van der Waals surface area contributed by atoms with Crippen molar-refractivity contribution in [1.29, 1.82) is 0 Å². The lowest BCUT2D eigenvalue weighted by molar-refractivity contribution is 0.786. The molecule has 0 radical (unpaired) electrons. The van der Waals surface area contributed by atoms with Crippen LogP contribution in [0.15, 0.2) is 224 Å². The van der Waals surface area contributed by atoms with Gasteiger partial charge in [-0.05, 0) is 136 Å². The highest BCUT2D eigenvalue weighted by Gasteiger charge is 2.22. The maximum absolute atomic E-state index is 3.99. The second-order valence-corrected chi connectivity index (χ2v) is 16.5. The van der Waals surface area contributed by atoms with Crippen LogP contribution in [0.1, 0.15) is 85.3 Å². The maximum Gasteiger partial charge on any atom is 0.0553 e. The molecule has 0 aliphatic rings. The van der Waals surface area contributed by atoms with E-state index in [1.54, 1.807) is 0 Å². The van der Waals surface area contributed by atoms with Gasteiger partial charge in [-0.25, -0.2) is 0 Å². The Hall–Kier alpha value is -6.90. The number of benzene rings is 4.